The minimum Gasteiger partial charge on any atom is -0.369 e. The van der Waals surface area contributed by atoms with Crippen LogP contribution in [0.3, 0.4) is 0 Å². The van der Waals surface area contributed by atoms with Gasteiger partial charge in [-0.25, -0.2) is 8.42 Å². The third-order valence-electron chi connectivity index (χ3n) is 2.20. The average molecular weight is 260 g/mol. The number of hydrogen-bond donors (Lipinski definition) is 2. The quantitative estimate of drug-likeness (QED) is 0.700. The van der Waals surface area contributed by atoms with E-state index < -0.39 is 15.9 Å². The van der Waals surface area contributed by atoms with Gasteiger partial charge in [-0.3, -0.25) is 9.89 Å². The van der Waals surface area contributed by atoms with Gasteiger partial charge in [0.2, 0.25) is 15.9 Å². The lowest BCUT2D eigenvalue weighted by atomic mass is 10.3. The zero-order valence-corrected chi connectivity index (χ0v) is 10.4. The van der Waals surface area contributed by atoms with Crippen molar-refractivity contribution in [3.63, 3.8) is 0 Å². The van der Waals surface area contributed by atoms with Crippen molar-refractivity contribution < 1.29 is 13.2 Å². The van der Waals surface area contributed by atoms with Gasteiger partial charge in [0.05, 0.1) is 12.7 Å². The third-order valence-corrected chi connectivity index (χ3v) is 4.01. The summed E-state index contributed by atoms with van der Waals surface area (Å²) in [6, 6.07) is 0. The Morgan fingerprint density at radius 3 is 2.76 bits per heavy atom. The topological polar surface area (TPSA) is 109 Å². The fourth-order valence-corrected chi connectivity index (χ4v) is 2.67. The fraction of sp³-hybridized carbons (Fsp3) is 0.556. The summed E-state index contributed by atoms with van der Waals surface area (Å²) >= 11 is 0. The van der Waals surface area contributed by atoms with E-state index in [4.69, 9.17) is 5.73 Å². The maximum atomic E-state index is 12.1. The highest BCUT2D eigenvalue weighted by Crippen LogP contribution is 2.14. The zero-order valence-electron chi connectivity index (χ0n) is 9.59. The standard InChI is InChI=1S/C9H16N4O3S/c1-2-3-4-13(7-9(10)14)17(15,16)8-5-11-12-6-8/h5-6H,2-4,7H2,1H3,(H2,10,14)(H,11,12). The summed E-state index contributed by atoms with van der Waals surface area (Å²) in [6.45, 7) is 1.90. The molecule has 1 aromatic heterocycles. The molecule has 17 heavy (non-hydrogen) atoms. The molecule has 8 heteroatoms. The summed E-state index contributed by atoms with van der Waals surface area (Å²) in [4.78, 5) is 10.9. The molecule has 1 rings (SSSR count). The third kappa shape index (κ3) is 3.53. The van der Waals surface area contributed by atoms with E-state index in [0.29, 0.717) is 6.42 Å². The number of primary amides is 1. The number of H-pyrrole nitrogens is 1. The SMILES string of the molecule is CCCCN(CC(N)=O)S(=O)(=O)c1cn[nH]c1. The van der Waals surface area contributed by atoms with Crippen LogP contribution in [-0.4, -0.2) is 41.9 Å². The highest BCUT2D eigenvalue weighted by molar-refractivity contribution is 7.89. The summed E-state index contributed by atoms with van der Waals surface area (Å²) in [6.07, 6.45) is 3.98. The molecule has 0 saturated carbocycles. The number of nitrogens with zero attached hydrogens (tertiary/aromatic N) is 2. The molecule has 0 atom stereocenters. The summed E-state index contributed by atoms with van der Waals surface area (Å²) in [5.41, 5.74) is 5.05. The van der Waals surface area contributed by atoms with Crippen molar-refractivity contribution in [2.45, 2.75) is 24.7 Å². The summed E-state index contributed by atoms with van der Waals surface area (Å²) in [5, 5.41) is 6.01. The molecule has 0 saturated heterocycles. The molecule has 0 aromatic carbocycles. The first-order valence-electron chi connectivity index (χ1n) is 5.25. The van der Waals surface area contributed by atoms with E-state index in [1.807, 2.05) is 6.92 Å². The van der Waals surface area contributed by atoms with Crippen LogP contribution in [0.2, 0.25) is 0 Å². The van der Waals surface area contributed by atoms with Gasteiger partial charge in [-0.2, -0.15) is 9.40 Å². The molecule has 0 spiro atoms. The maximum Gasteiger partial charge on any atom is 0.246 e. The van der Waals surface area contributed by atoms with Crippen LogP contribution in [0, 0.1) is 0 Å². The molecule has 3 N–H and O–H groups in total. The summed E-state index contributed by atoms with van der Waals surface area (Å²) in [7, 11) is -3.69. The monoisotopic (exact) mass is 260 g/mol. The van der Waals surface area contributed by atoms with Crippen molar-refractivity contribution >= 4 is 15.9 Å². The van der Waals surface area contributed by atoms with E-state index in [0.717, 1.165) is 10.7 Å². The first-order chi connectivity index (χ1) is 7.98. The van der Waals surface area contributed by atoms with E-state index in [-0.39, 0.29) is 18.0 Å². The molecular weight excluding hydrogens is 244 g/mol. The number of aromatic nitrogens is 2. The predicted molar refractivity (Wildman–Crippen MR) is 61.4 cm³/mol. The Hall–Kier alpha value is -1.41. The number of unbranched alkanes of at least 4 members (excludes halogenated alkanes) is 1. The molecule has 7 nitrogen and oxygen atoms in total. The predicted octanol–water partition coefficient (Wildman–Crippen LogP) is -0.314. The van der Waals surface area contributed by atoms with Crippen molar-refractivity contribution in [1.82, 2.24) is 14.5 Å². The minimum absolute atomic E-state index is 0.0369. The normalized spacial score (nSPS) is 11.9. The highest BCUT2D eigenvalue weighted by Gasteiger charge is 2.26. The maximum absolute atomic E-state index is 12.1. The van der Waals surface area contributed by atoms with E-state index in [9.17, 15) is 13.2 Å². The summed E-state index contributed by atoms with van der Waals surface area (Å²) < 4.78 is 25.3. The first-order valence-corrected chi connectivity index (χ1v) is 6.69. The van der Waals surface area contributed by atoms with Gasteiger partial charge in [-0.15, -0.1) is 0 Å². The van der Waals surface area contributed by atoms with Gasteiger partial charge in [0.15, 0.2) is 0 Å². The molecule has 0 aliphatic heterocycles. The number of carbonyl (C=O) groups excluding carboxylic acids is 1. The summed E-state index contributed by atoms with van der Waals surface area (Å²) in [5.74, 6) is -0.673. The second-order valence-electron chi connectivity index (χ2n) is 3.59. The smallest absolute Gasteiger partial charge is 0.246 e. The average Bonchev–Trinajstić information content (AvgIpc) is 2.77. The van der Waals surface area contributed by atoms with Crippen molar-refractivity contribution in [2.75, 3.05) is 13.1 Å². The highest BCUT2D eigenvalue weighted by atomic mass is 32.2. The Balaban J connectivity index is 2.92. The number of amides is 1. The number of nitrogens with two attached hydrogens (primary N) is 1. The Morgan fingerprint density at radius 2 is 2.29 bits per heavy atom. The van der Waals surface area contributed by atoms with Crippen LogP contribution in [-0.2, 0) is 14.8 Å². The van der Waals surface area contributed by atoms with Crippen LogP contribution in [0.1, 0.15) is 19.8 Å². The van der Waals surface area contributed by atoms with Gasteiger partial charge in [0.1, 0.15) is 4.90 Å². The lowest BCUT2D eigenvalue weighted by molar-refractivity contribution is -0.118. The van der Waals surface area contributed by atoms with Gasteiger partial charge in [-0.05, 0) is 6.42 Å². The van der Waals surface area contributed by atoms with Gasteiger partial charge < -0.3 is 5.73 Å². The molecule has 0 radical (unpaired) electrons. The molecule has 1 aromatic rings. The van der Waals surface area contributed by atoms with Crippen LogP contribution in [0.4, 0.5) is 0 Å². The van der Waals surface area contributed by atoms with E-state index in [1.165, 1.54) is 12.4 Å². The largest absolute Gasteiger partial charge is 0.369 e. The van der Waals surface area contributed by atoms with Crippen LogP contribution < -0.4 is 5.73 Å². The van der Waals surface area contributed by atoms with Gasteiger partial charge in [0, 0.05) is 12.7 Å². The fourth-order valence-electron chi connectivity index (χ4n) is 1.32. The van der Waals surface area contributed by atoms with E-state index in [2.05, 4.69) is 10.2 Å². The lowest BCUT2D eigenvalue weighted by Crippen LogP contribution is -2.38. The number of aromatic amines is 1. The van der Waals surface area contributed by atoms with Gasteiger partial charge >= 0.3 is 0 Å². The van der Waals surface area contributed by atoms with Crippen LogP contribution in [0.5, 0.6) is 0 Å². The van der Waals surface area contributed by atoms with Crippen LogP contribution in [0.15, 0.2) is 17.3 Å². The number of sulfonamides is 1. The van der Waals surface area contributed by atoms with Crippen molar-refractivity contribution in [3.8, 4) is 0 Å². The van der Waals surface area contributed by atoms with Gasteiger partial charge in [0.25, 0.3) is 0 Å². The Bertz CT molecular complexity index is 455. The number of hydrogen-bond acceptors (Lipinski definition) is 4. The van der Waals surface area contributed by atoms with Crippen molar-refractivity contribution in [2.24, 2.45) is 5.73 Å². The number of nitrogens with one attached hydrogen (secondary N) is 1. The van der Waals surface area contributed by atoms with E-state index in [1.54, 1.807) is 0 Å². The molecule has 0 aliphatic rings. The number of carbonyl (C=O) groups is 1. The molecule has 1 amide bonds. The Kier molecular flexibility index (Phi) is 4.64. The van der Waals surface area contributed by atoms with Crippen molar-refractivity contribution in [3.05, 3.63) is 12.4 Å². The first kappa shape index (κ1) is 13.7. The van der Waals surface area contributed by atoms with Crippen LogP contribution >= 0.6 is 0 Å². The molecule has 0 aliphatic carbocycles. The molecule has 96 valence electrons. The Morgan fingerprint density at radius 1 is 1.59 bits per heavy atom. The molecule has 0 bridgehead atoms. The molecule has 0 unspecified atom stereocenters. The second-order valence-corrected chi connectivity index (χ2v) is 5.53. The molecule has 0 fully saturated rings. The minimum atomic E-state index is -3.69. The molecular formula is C9H16N4O3S. The zero-order chi connectivity index (χ0) is 12.9. The lowest BCUT2D eigenvalue weighted by Gasteiger charge is -2.19. The van der Waals surface area contributed by atoms with Crippen LogP contribution in [0.25, 0.3) is 0 Å². The van der Waals surface area contributed by atoms with Crippen molar-refractivity contribution in [1.29, 1.82) is 0 Å². The molecule has 1 heterocycles. The Labute approximate surface area is 100 Å². The second kappa shape index (κ2) is 5.78. The van der Waals surface area contributed by atoms with Gasteiger partial charge in [-0.1, -0.05) is 13.3 Å². The van der Waals surface area contributed by atoms with E-state index >= 15 is 0 Å². The number of rotatable bonds is 7.